The lowest BCUT2D eigenvalue weighted by Gasteiger charge is -2.08. The fourth-order valence-corrected chi connectivity index (χ4v) is 2.23. The van der Waals surface area contributed by atoms with Crippen molar-refractivity contribution in [1.82, 2.24) is 10.6 Å². The number of amides is 2. The molecule has 0 spiro atoms. The van der Waals surface area contributed by atoms with Crippen molar-refractivity contribution < 1.29 is 33.3 Å². The largest absolute Gasteiger partial charge is 0.382 e. The third kappa shape index (κ3) is 22.9. The molecule has 0 bridgehead atoms. The third-order valence-corrected chi connectivity index (χ3v) is 3.90. The molecular weight excluding hydrogens is 380 g/mol. The number of hydrogen-bond donors (Lipinski definition) is 2. The zero-order valence-corrected chi connectivity index (χ0v) is 18.2. The lowest BCUT2D eigenvalue weighted by Crippen LogP contribution is -2.27. The average Bonchev–Trinajstić information content (AvgIpc) is 2.73. The highest BCUT2D eigenvalue weighted by Gasteiger charge is 2.01. The first-order valence-corrected chi connectivity index (χ1v) is 10.5. The molecule has 0 aromatic rings. The van der Waals surface area contributed by atoms with Crippen LogP contribution in [0.3, 0.4) is 0 Å². The van der Waals surface area contributed by atoms with Gasteiger partial charge in [-0.2, -0.15) is 0 Å². The number of methoxy groups -OCH3 is 1. The Bertz CT molecular complexity index is 384. The minimum absolute atomic E-state index is 0.0591. The SMILES string of the molecule is CNC(=O)COCCCCOCCOCCNC(=O)CCCCCOCCOC. The summed E-state index contributed by atoms with van der Waals surface area (Å²) in [6.07, 6.45) is 5.07. The van der Waals surface area contributed by atoms with Crippen LogP contribution in [0.1, 0.15) is 38.5 Å². The molecule has 0 aliphatic rings. The average molecular weight is 421 g/mol. The topological polar surface area (TPSA) is 104 Å². The maximum absolute atomic E-state index is 11.7. The Hall–Kier alpha value is -1.26. The van der Waals surface area contributed by atoms with Gasteiger partial charge in [-0.05, 0) is 25.7 Å². The van der Waals surface area contributed by atoms with Gasteiger partial charge in [0, 0.05) is 46.9 Å². The van der Waals surface area contributed by atoms with E-state index in [-0.39, 0.29) is 18.4 Å². The normalized spacial score (nSPS) is 10.8. The summed E-state index contributed by atoms with van der Waals surface area (Å²) in [6, 6.07) is 0. The lowest BCUT2D eigenvalue weighted by molar-refractivity contribution is -0.125. The monoisotopic (exact) mass is 420 g/mol. The molecule has 0 aromatic heterocycles. The quantitative estimate of drug-likeness (QED) is 0.251. The zero-order chi connectivity index (χ0) is 21.4. The molecule has 9 nitrogen and oxygen atoms in total. The standard InChI is InChI=1S/C20H40N2O7/c1-21-20(24)18-29-12-7-6-11-27-16-17-28-13-9-22-19(23)8-4-3-5-10-26-15-14-25-2/h3-18H2,1-2H3,(H,21,24)(H,22,23). The first-order chi connectivity index (χ1) is 14.2. The van der Waals surface area contributed by atoms with Crippen LogP contribution in [0.25, 0.3) is 0 Å². The molecule has 0 heterocycles. The fraction of sp³-hybridized carbons (Fsp3) is 0.900. The van der Waals surface area contributed by atoms with Crippen LogP contribution in [-0.2, 0) is 33.3 Å². The van der Waals surface area contributed by atoms with Crippen molar-refractivity contribution in [1.29, 1.82) is 0 Å². The summed E-state index contributed by atoms with van der Waals surface area (Å²) in [5, 5.41) is 5.35. The van der Waals surface area contributed by atoms with Crippen molar-refractivity contribution in [3.63, 3.8) is 0 Å². The second-order valence-corrected chi connectivity index (χ2v) is 6.42. The summed E-state index contributed by atoms with van der Waals surface area (Å²) >= 11 is 0. The lowest BCUT2D eigenvalue weighted by atomic mass is 10.2. The minimum atomic E-state index is -0.117. The zero-order valence-electron chi connectivity index (χ0n) is 18.2. The summed E-state index contributed by atoms with van der Waals surface area (Å²) < 4.78 is 26.3. The van der Waals surface area contributed by atoms with Crippen molar-refractivity contribution in [3.8, 4) is 0 Å². The smallest absolute Gasteiger partial charge is 0.245 e. The molecule has 0 atom stereocenters. The molecule has 0 aromatic carbocycles. The molecule has 0 aliphatic carbocycles. The molecule has 0 fully saturated rings. The van der Waals surface area contributed by atoms with Crippen molar-refractivity contribution in [3.05, 3.63) is 0 Å². The van der Waals surface area contributed by atoms with Crippen molar-refractivity contribution in [2.45, 2.75) is 38.5 Å². The van der Waals surface area contributed by atoms with E-state index in [0.717, 1.165) is 32.1 Å². The highest BCUT2D eigenvalue weighted by molar-refractivity contribution is 5.76. The van der Waals surface area contributed by atoms with E-state index >= 15 is 0 Å². The summed E-state index contributed by atoms with van der Waals surface area (Å²) in [6.45, 7) is 5.28. The van der Waals surface area contributed by atoms with Crippen molar-refractivity contribution in [2.24, 2.45) is 0 Å². The van der Waals surface area contributed by atoms with Crippen LogP contribution in [0, 0.1) is 0 Å². The van der Waals surface area contributed by atoms with Gasteiger partial charge in [0.05, 0.1) is 33.0 Å². The number of ether oxygens (including phenoxy) is 5. The molecule has 9 heteroatoms. The second kappa shape index (κ2) is 23.0. The second-order valence-electron chi connectivity index (χ2n) is 6.42. The molecule has 0 aliphatic heterocycles. The maximum Gasteiger partial charge on any atom is 0.245 e. The molecule has 172 valence electrons. The number of nitrogens with one attached hydrogen (secondary N) is 2. The Labute approximate surface area is 175 Å². The van der Waals surface area contributed by atoms with Crippen LogP contribution in [0.4, 0.5) is 0 Å². The van der Waals surface area contributed by atoms with Gasteiger partial charge in [0.1, 0.15) is 6.61 Å². The van der Waals surface area contributed by atoms with E-state index in [1.165, 1.54) is 0 Å². The van der Waals surface area contributed by atoms with E-state index in [0.29, 0.717) is 65.8 Å². The van der Waals surface area contributed by atoms with Gasteiger partial charge in [0.25, 0.3) is 0 Å². The molecule has 0 saturated carbocycles. The van der Waals surface area contributed by atoms with E-state index in [4.69, 9.17) is 23.7 Å². The van der Waals surface area contributed by atoms with E-state index in [1.807, 2.05) is 0 Å². The Morgan fingerprint density at radius 3 is 1.90 bits per heavy atom. The minimum Gasteiger partial charge on any atom is -0.382 e. The van der Waals surface area contributed by atoms with Gasteiger partial charge in [-0.15, -0.1) is 0 Å². The van der Waals surface area contributed by atoms with Gasteiger partial charge in [-0.1, -0.05) is 6.42 Å². The van der Waals surface area contributed by atoms with Crippen LogP contribution >= 0.6 is 0 Å². The fourth-order valence-electron chi connectivity index (χ4n) is 2.23. The van der Waals surface area contributed by atoms with Gasteiger partial charge in [0.15, 0.2) is 0 Å². The van der Waals surface area contributed by atoms with E-state index in [9.17, 15) is 9.59 Å². The maximum atomic E-state index is 11.7. The van der Waals surface area contributed by atoms with Gasteiger partial charge in [0.2, 0.25) is 11.8 Å². The molecule has 0 radical (unpaired) electrons. The Balaban J connectivity index is 3.16. The predicted molar refractivity (Wildman–Crippen MR) is 110 cm³/mol. The van der Waals surface area contributed by atoms with Gasteiger partial charge in [-0.25, -0.2) is 0 Å². The van der Waals surface area contributed by atoms with Gasteiger partial charge >= 0.3 is 0 Å². The third-order valence-electron chi connectivity index (χ3n) is 3.90. The van der Waals surface area contributed by atoms with Crippen LogP contribution in [-0.4, -0.2) is 92.0 Å². The van der Waals surface area contributed by atoms with Gasteiger partial charge in [-0.3, -0.25) is 9.59 Å². The van der Waals surface area contributed by atoms with Crippen molar-refractivity contribution >= 4 is 11.8 Å². The predicted octanol–water partition coefficient (Wildman–Crippen LogP) is 0.902. The summed E-state index contributed by atoms with van der Waals surface area (Å²) in [7, 11) is 3.24. The Kier molecular flexibility index (Phi) is 22.0. The molecular formula is C20H40N2O7. The van der Waals surface area contributed by atoms with Gasteiger partial charge < -0.3 is 34.3 Å². The van der Waals surface area contributed by atoms with Crippen LogP contribution in [0.5, 0.6) is 0 Å². The molecule has 0 saturated heterocycles. The number of likely N-dealkylation sites (N-methyl/N-ethyl adjacent to an activating group) is 1. The highest BCUT2D eigenvalue weighted by Crippen LogP contribution is 2.00. The summed E-state index contributed by atoms with van der Waals surface area (Å²) in [5.41, 5.74) is 0. The van der Waals surface area contributed by atoms with E-state index < -0.39 is 0 Å². The molecule has 0 unspecified atom stereocenters. The summed E-state index contributed by atoms with van der Waals surface area (Å²) in [5.74, 6) is -0.0575. The molecule has 0 rings (SSSR count). The first kappa shape index (κ1) is 27.7. The van der Waals surface area contributed by atoms with E-state index in [1.54, 1.807) is 14.2 Å². The number of hydrogen-bond acceptors (Lipinski definition) is 7. The van der Waals surface area contributed by atoms with Crippen LogP contribution in [0.15, 0.2) is 0 Å². The number of carbonyl (C=O) groups is 2. The highest BCUT2D eigenvalue weighted by atomic mass is 16.5. The Morgan fingerprint density at radius 1 is 0.655 bits per heavy atom. The van der Waals surface area contributed by atoms with Crippen molar-refractivity contribution in [2.75, 3.05) is 80.2 Å². The molecule has 2 N–H and O–H groups in total. The summed E-state index contributed by atoms with van der Waals surface area (Å²) in [4.78, 5) is 22.6. The number of carbonyl (C=O) groups excluding carboxylic acids is 2. The Morgan fingerprint density at radius 2 is 1.24 bits per heavy atom. The number of rotatable bonds is 22. The number of unbranched alkanes of at least 4 members (excludes halogenated alkanes) is 3. The van der Waals surface area contributed by atoms with E-state index in [2.05, 4.69) is 10.6 Å². The molecule has 2 amide bonds. The first-order valence-electron chi connectivity index (χ1n) is 10.5. The van der Waals surface area contributed by atoms with Crippen LogP contribution in [0.2, 0.25) is 0 Å². The van der Waals surface area contributed by atoms with Crippen LogP contribution < -0.4 is 10.6 Å². The molecule has 29 heavy (non-hydrogen) atoms.